The quantitative estimate of drug-likeness (QED) is 0.317. The summed E-state index contributed by atoms with van der Waals surface area (Å²) in [5.41, 5.74) is 1.51. The molecule has 1 atom stereocenters. The summed E-state index contributed by atoms with van der Waals surface area (Å²) >= 11 is 0. The van der Waals surface area contributed by atoms with E-state index in [0.717, 1.165) is 36.4 Å². The van der Waals surface area contributed by atoms with Crippen LogP contribution < -0.4 is 19.5 Å². The molecule has 5 rings (SSSR count). The first-order chi connectivity index (χ1) is 18.6. The van der Waals surface area contributed by atoms with Crippen LogP contribution in [0, 0.1) is 5.92 Å². The van der Waals surface area contributed by atoms with Crippen LogP contribution in [0.15, 0.2) is 77.3 Å². The molecule has 1 unspecified atom stereocenters. The molecule has 0 spiro atoms. The molecule has 0 radical (unpaired) electrons. The van der Waals surface area contributed by atoms with Gasteiger partial charge in [-0.05, 0) is 74.0 Å². The molecule has 4 aromatic rings. The van der Waals surface area contributed by atoms with Crippen molar-refractivity contribution in [2.75, 3.05) is 32.6 Å². The number of rotatable bonds is 9. The van der Waals surface area contributed by atoms with E-state index in [1.54, 1.807) is 14.2 Å². The predicted molar refractivity (Wildman–Crippen MR) is 142 cm³/mol. The number of ether oxygens (including phenoxy) is 3. The lowest BCUT2D eigenvalue weighted by Crippen LogP contribution is -2.40. The number of likely N-dealkylation sites (tertiary alicyclic amines) is 1. The summed E-state index contributed by atoms with van der Waals surface area (Å²) in [5.74, 6) is 3.57. The Kier molecular flexibility index (Phi) is 7.84. The number of nitrogens with zero attached hydrogens (tertiary/aromatic N) is 3. The minimum atomic E-state index is -0.128. The topological polar surface area (TPSA) is 99.0 Å². The molecular formula is C29H30N4O5. The Hall–Kier alpha value is -4.37. The van der Waals surface area contributed by atoms with Crippen molar-refractivity contribution in [3.05, 3.63) is 78.7 Å². The van der Waals surface area contributed by atoms with Crippen LogP contribution in [0.5, 0.6) is 23.0 Å². The van der Waals surface area contributed by atoms with Gasteiger partial charge in [-0.3, -0.25) is 9.69 Å². The predicted octanol–water partition coefficient (Wildman–Crippen LogP) is 5.40. The number of methoxy groups -OCH3 is 2. The zero-order valence-electron chi connectivity index (χ0n) is 21.4. The third-order valence-corrected chi connectivity index (χ3v) is 6.45. The second-order valence-corrected chi connectivity index (χ2v) is 9.08. The van der Waals surface area contributed by atoms with Gasteiger partial charge in [-0.15, -0.1) is 0 Å². The number of anilines is 1. The van der Waals surface area contributed by atoms with Gasteiger partial charge >= 0.3 is 0 Å². The summed E-state index contributed by atoms with van der Waals surface area (Å²) < 4.78 is 22.0. The second-order valence-electron chi connectivity index (χ2n) is 9.08. The number of amides is 1. The summed E-state index contributed by atoms with van der Waals surface area (Å²) in [6.07, 6.45) is 1.75. The first-order valence-electron chi connectivity index (χ1n) is 12.5. The van der Waals surface area contributed by atoms with Gasteiger partial charge in [-0.2, -0.15) is 4.98 Å². The molecule has 1 aliphatic rings. The van der Waals surface area contributed by atoms with Crippen molar-refractivity contribution in [1.82, 2.24) is 15.0 Å². The van der Waals surface area contributed by atoms with E-state index in [9.17, 15) is 4.79 Å². The summed E-state index contributed by atoms with van der Waals surface area (Å²) in [7, 11) is 3.18. The average Bonchev–Trinajstić information content (AvgIpc) is 3.43. The van der Waals surface area contributed by atoms with Crippen molar-refractivity contribution in [3.8, 4) is 34.4 Å². The van der Waals surface area contributed by atoms with E-state index < -0.39 is 0 Å². The van der Waals surface area contributed by atoms with Gasteiger partial charge < -0.3 is 24.1 Å². The first-order valence-corrected chi connectivity index (χ1v) is 12.5. The number of nitrogens with one attached hydrogen (secondary N) is 1. The molecule has 0 aliphatic carbocycles. The van der Waals surface area contributed by atoms with Crippen LogP contribution in [0.4, 0.5) is 5.69 Å². The largest absolute Gasteiger partial charge is 0.493 e. The lowest BCUT2D eigenvalue weighted by molar-refractivity contribution is -0.121. The number of benzene rings is 3. The van der Waals surface area contributed by atoms with Crippen molar-refractivity contribution in [2.24, 2.45) is 5.92 Å². The summed E-state index contributed by atoms with van der Waals surface area (Å²) in [4.78, 5) is 19.7. The van der Waals surface area contributed by atoms with E-state index in [-0.39, 0.29) is 11.8 Å². The van der Waals surface area contributed by atoms with Gasteiger partial charge in [0.05, 0.1) is 26.7 Å². The molecule has 3 aromatic carbocycles. The molecule has 9 heteroatoms. The zero-order chi connectivity index (χ0) is 26.3. The van der Waals surface area contributed by atoms with Crippen molar-refractivity contribution >= 4 is 11.6 Å². The van der Waals surface area contributed by atoms with E-state index in [4.69, 9.17) is 18.7 Å². The molecule has 1 aliphatic heterocycles. The summed E-state index contributed by atoms with van der Waals surface area (Å²) in [6.45, 7) is 1.97. The second kappa shape index (κ2) is 11.8. The van der Waals surface area contributed by atoms with Crippen molar-refractivity contribution in [3.63, 3.8) is 0 Å². The fraction of sp³-hybridized carbons (Fsp3) is 0.276. The Morgan fingerprint density at radius 1 is 1.00 bits per heavy atom. The van der Waals surface area contributed by atoms with Crippen LogP contribution in [0.3, 0.4) is 0 Å². The van der Waals surface area contributed by atoms with Gasteiger partial charge in [0.15, 0.2) is 11.5 Å². The standard InChI is InChI=1S/C29H30N4O5/c1-35-25-15-10-20(17-26(25)36-2)28-31-27(38-32-28)19-33-16-6-7-21(18-33)29(34)30-22-11-13-24(14-12-22)37-23-8-4-3-5-9-23/h3-5,8-15,17,21H,6-7,16,18-19H2,1-2H3,(H,30,34). The molecule has 0 saturated carbocycles. The highest BCUT2D eigenvalue weighted by molar-refractivity contribution is 5.92. The minimum Gasteiger partial charge on any atom is -0.493 e. The molecule has 1 N–H and O–H groups in total. The Morgan fingerprint density at radius 3 is 2.53 bits per heavy atom. The molecule has 9 nitrogen and oxygen atoms in total. The fourth-order valence-corrected chi connectivity index (χ4v) is 4.49. The van der Waals surface area contributed by atoms with Crippen molar-refractivity contribution in [1.29, 1.82) is 0 Å². The number of hydrogen-bond donors (Lipinski definition) is 1. The molecule has 196 valence electrons. The maximum Gasteiger partial charge on any atom is 0.241 e. The van der Waals surface area contributed by atoms with Crippen LogP contribution in [0.2, 0.25) is 0 Å². The Bertz CT molecular complexity index is 1360. The van der Waals surface area contributed by atoms with Gasteiger partial charge in [0.1, 0.15) is 11.5 Å². The molecule has 1 aromatic heterocycles. The van der Waals surface area contributed by atoms with Crippen LogP contribution in [-0.2, 0) is 11.3 Å². The Labute approximate surface area is 221 Å². The van der Waals surface area contributed by atoms with Crippen LogP contribution in [0.25, 0.3) is 11.4 Å². The van der Waals surface area contributed by atoms with E-state index >= 15 is 0 Å². The minimum absolute atomic E-state index is 0.00275. The Morgan fingerprint density at radius 2 is 1.76 bits per heavy atom. The third-order valence-electron chi connectivity index (χ3n) is 6.45. The highest BCUT2D eigenvalue weighted by atomic mass is 16.5. The molecule has 1 saturated heterocycles. The van der Waals surface area contributed by atoms with Gasteiger partial charge in [0.25, 0.3) is 0 Å². The van der Waals surface area contributed by atoms with Gasteiger partial charge in [0, 0.05) is 17.8 Å². The normalized spacial score (nSPS) is 15.6. The van der Waals surface area contributed by atoms with Gasteiger partial charge in [0.2, 0.25) is 17.6 Å². The Balaban J connectivity index is 1.16. The molecule has 1 amide bonds. The molecule has 38 heavy (non-hydrogen) atoms. The lowest BCUT2D eigenvalue weighted by atomic mass is 9.97. The fourth-order valence-electron chi connectivity index (χ4n) is 4.49. The molecule has 0 bridgehead atoms. The zero-order valence-corrected chi connectivity index (χ0v) is 21.4. The van der Waals surface area contributed by atoms with Crippen LogP contribution in [-0.4, -0.2) is 48.3 Å². The molecule has 2 heterocycles. The monoisotopic (exact) mass is 514 g/mol. The van der Waals surface area contributed by atoms with Crippen molar-refractivity contribution < 1.29 is 23.5 Å². The number of piperidine rings is 1. The highest BCUT2D eigenvalue weighted by Crippen LogP contribution is 2.31. The van der Waals surface area contributed by atoms with E-state index in [1.165, 1.54) is 0 Å². The van der Waals surface area contributed by atoms with Gasteiger partial charge in [-0.1, -0.05) is 23.4 Å². The number of aromatic nitrogens is 2. The first kappa shape index (κ1) is 25.3. The average molecular weight is 515 g/mol. The van der Waals surface area contributed by atoms with E-state index in [2.05, 4.69) is 20.4 Å². The van der Waals surface area contributed by atoms with Crippen LogP contribution in [0.1, 0.15) is 18.7 Å². The van der Waals surface area contributed by atoms with E-state index in [0.29, 0.717) is 42.1 Å². The van der Waals surface area contributed by atoms with Crippen LogP contribution >= 0.6 is 0 Å². The van der Waals surface area contributed by atoms with Gasteiger partial charge in [-0.25, -0.2) is 0 Å². The maximum absolute atomic E-state index is 13.0. The number of hydrogen-bond acceptors (Lipinski definition) is 8. The van der Waals surface area contributed by atoms with Crippen molar-refractivity contribution in [2.45, 2.75) is 19.4 Å². The highest BCUT2D eigenvalue weighted by Gasteiger charge is 2.27. The van der Waals surface area contributed by atoms with E-state index in [1.807, 2.05) is 72.8 Å². The smallest absolute Gasteiger partial charge is 0.241 e. The summed E-state index contributed by atoms with van der Waals surface area (Å²) in [6, 6.07) is 22.5. The number of para-hydroxylation sites is 1. The lowest BCUT2D eigenvalue weighted by Gasteiger charge is -2.30. The number of carbonyl (C=O) groups is 1. The summed E-state index contributed by atoms with van der Waals surface area (Å²) in [5, 5.41) is 7.17. The SMILES string of the molecule is COc1ccc(-c2noc(CN3CCCC(C(=O)Nc4ccc(Oc5ccccc5)cc4)C3)n2)cc1OC. The third kappa shape index (κ3) is 6.12. The molecule has 1 fully saturated rings. The molecular weight excluding hydrogens is 484 g/mol. The number of carbonyl (C=O) groups excluding carboxylic acids is 1. The maximum atomic E-state index is 13.0.